The van der Waals surface area contributed by atoms with Crippen molar-refractivity contribution in [1.29, 1.82) is 0 Å². The first-order chi connectivity index (χ1) is 16.6. The minimum Gasteiger partial charge on any atom is -0.458 e. The molecule has 0 aliphatic heterocycles. The van der Waals surface area contributed by atoms with E-state index in [2.05, 4.69) is 9.47 Å². The zero-order valence-corrected chi connectivity index (χ0v) is 21.8. The molecule has 0 heterocycles. The van der Waals surface area contributed by atoms with Crippen LogP contribution < -0.4 is 0 Å². The second kappa shape index (κ2) is 13.5. The number of hydrogen-bond donors (Lipinski definition) is 0. The van der Waals surface area contributed by atoms with E-state index in [-0.39, 0.29) is 13.2 Å². The Bertz CT molecular complexity index is 915. The summed E-state index contributed by atoms with van der Waals surface area (Å²) in [5, 5.41) is 0. The molecule has 36 heavy (non-hydrogen) atoms. The third-order valence-corrected chi connectivity index (χ3v) is 4.06. The maximum Gasteiger partial charge on any atom is 0.516 e. The van der Waals surface area contributed by atoms with Crippen molar-refractivity contribution in [2.24, 2.45) is 0 Å². The summed E-state index contributed by atoms with van der Waals surface area (Å²) in [6.45, 7) is 10.9. The van der Waals surface area contributed by atoms with E-state index in [1.807, 2.05) is 0 Å². The van der Waals surface area contributed by atoms with E-state index in [1.165, 1.54) is 6.92 Å². The first-order valence-electron chi connectivity index (χ1n) is 11.5. The molecule has 0 spiro atoms. The smallest absolute Gasteiger partial charge is 0.458 e. The molecule has 0 unspecified atom stereocenters. The van der Waals surface area contributed by atoms with E-state index in [0.29, 0.717) is 10.5 Å². The maximum absolute atomic E-state index is 13.1. The molecule has 0 N–H and O–H groups in total. The van der Waals surface area contributed by atoms with Crippen molar-refractivity contribution in [3.05, 3.63) is 35.9 Å². The number of imide groups is 1. The predicted octanol–water partition coefficient (Wildman–Crippen LogP) is 4.75. The van der Waals surface area contributed by atoms with Crippen LogP contribution in [-0.4, -0.2) is 59.0 Å². The molecule has 0 aliphatic rings. The van der Waals surface area contributed by atoms with Gasteiger partial charge in [0.05, 0.1) is 6.61 Å². The number of ether oxygens (including phenoxy) is 5. The summed E-state index contributed by atoms with van der Waals surface area (Å²) in [7, 11) is 0. The van der Waals surface area contributed by atoms with Crippen LogP contribution in [0, 0.1) is 0 Å². The van der Waals surface area contributed by atoms with E-state index in [9.17, 15) is 24.0 Å². The first kappa shape index (κ1) is 30.4. The Morgan fingerprint density at radius 1 is 0.833 bits per heavy atom. The summed E-state index contributed by atoms with van der Waals surface area (Å²) in [6.07, 6.45) is -4.50. The van der Waals surface area contributed by atoms with Gasteiger partial charge in [-0.3, -0.25) is 4.79 Å². The molecule has 0 aromatic heterocycles. The average Bonchev–Trinajstić information content (AvgIpc) is 2.73. The number of esters is 2. The monoisotopic (exact) mass is 509 g/mol. The number of carbonyl (C=O) groups is 5. The summed E-state index contributed by atoms with van der Waals surface area (Å²) in [4.78, 5) is 63.2. The van der Waals surface area contributed by atoms with Gasteiger partial charge in [-0.05, 0) is 60.5 Å². The molecular formula is C25H35NO10. The molecule has 1 aromatic carbocycles. The zero-order valence-electron chi connectivity index (χ0n) is 21.8. The number of nitrogens with zero attached hydrogens (tertiary/aromatic N) is 1. The van der Waals surface area contributed by atoms with Gasteiger partial charge in [0, 0.05) is 6.42 Å². The molecule has 200 valence electrons. The van der Waals surface area contributed by atoms with Crippen LogP contribution in [0.25, 0.3) is 0 Å². The fourth-order valence-electron chi connectivity index (χ4n) is 2.70. The maximum atomic E-state index is 13.1. The molecule has 1 rings (SSSR count). The van der Waals surface area contributed by atoms with Crippen LogP contribution >= 0.6 is 0 Å². The highest BCUT2D eigenvalue weighted by molar-refractivity contribution is 5.94. The first-order valence-corrected chi connectivity index (χ1v) is 11.5. The molecule has 0 radical (unpaired) electrons. The second-order valence-electron chi connectivity index (χ2n) is 9.64. The van der Waals surface area contributed by atoms with E-state index in [4.69, 9.17) is 14.2 Å². The molecule has 1 atom stereocenters. The van der Waals surface area contributed by atoms with E-state index in [1.54, 1.807) is 71.9 Å². The Labute approximate surface area is 211 Å². The lowest BCUT2D eigenvalue weighted by Crippen LogP contribution is -2.52. The van der Waals surface area contributed by atoms with Crippen LogP contribution in [0.4, 0.5) is 14.4 Å². The largest absolute Gasteiger partial charge is 0.516 e. The molecule has 0 fully saturated rings. The molecule has 1 aromatic rings. The van der Waals surface area contributed by atoms with Gasteiger partial charge in [0.2, 0.25) is 0 Å². The van der Waals surface area contributed by atoms with Gasteiger partial charge in [-0.15, -0.1) is 0 Å². The van der Waals surface area contributed by atoms with Gasteiger partial charge in [-0.2, -0.15) is 4.90 Å². The van der Waals surface area contributed by atoms with Crippen molar-refractivity contribution in [2.75, 3.05) is 6.61 Å². The summed E-state index contributed by atoms with van der Waals surface area (Å²) >= 11 is 0. The van der Waals surface area contributed by atoms with Crippen LogP contribution in [0.5, 0.6) is 0 Å². The highest BCUT2D eigenvalue weighted by atomic mass is 16.7. The van der Waals surface area contributed by atoms with Crippen LogP contribution in [0.2, 0.25) is 0 Å². The van der Waals surface area contributed by atoms with Crippen LogP contribution in [0.15, 0.2) is 30.3 Å². The summed E-state index contributed by atoms with van der Waals surface area (Å²) in [5.41, 5.74) is -1.35. The number of carbonyl (C=O) groups excluding carboxylic acids is 5. The number of benzene rings is 1. The van der Waals surface area contributed by atoms with Crippen molar-refractivity contribution in [1.82, 2.24) is 4.90 Å². The molecule has 0 bridgehead atoms. The molecule has 11 nitrogen and oxygen atoms in total. The minimum atomic E-state index is -1.61. The van der Waals surface area contributed by atoms with Gasteiger partial charge in [0.15, 0.2) is 0 Å². The van der Waals surface area contributed by atoms with Crippen molar-refractivity contribution < 1.29 is 47.7 Å². The highest BCUT2D eigenvalue weighted by Gasteiger charge is 2.41. The van der Waals surface area contributed by atoms with Gasteiger partial charge in [0.1, 0.15) is 23.9 Å². The standard InChI is InChI=1S/C25H35NO10/c1-8-32-23(31)34-19(27)15-14-18(20(28)35-24(2,3)4)26(22(30)36-25(5,6)7)21(29)33-16-17-12-10-9-11-13-17/h9-13,18H,8,14-16H2,1-7H3/t18-/m1/s1. The van der Waals surface area contributed by atoms with Gasteiger partial charge < -0.3 is 23.7 Å². The Kier molecular flexibility index (Phi) is 11.4. The average molecular weight is 510 g/mol. The quantitative estimate of drug-likeness (QED) is 0.274. The number of rotatable bonds is 8. The molecule has 0 saturated carbocycles. The topological polar surface area (TPSA) is 135 Å². The van der Waals surface area contributed by atoms with E-state index < -0.39 is 60.4 Å². The SMILES string of the molecule is CCOC(=O)OC(=O)CC[C@H](C(=O)OC(C)(C)C)N(C(=O)OCc1ccccc1)C(=O)OC(C)(C)C. The van der Waals surface area contributed by atoms with Crippen molar-refractivity contribution in [2.45, 2.75) is 85.2 Å². The third kappa shape index (κ3) is 11.7. The second-order valence-corrected chi connectivity index (χ2v) is 9.64. The van der Waals surface area contributed by atoms with Gasteiger partial charge in [-0.25, -0.2) is 19.2 Å². The Morgan fingerprint density at radius 2 is 1.42 bits per heavy atom. The Hall–Kier alpha value is -3.63. The van der Waals surface area contributed by atoms with Crippen LogP contribution in [0.1, 0.15) is 66.9 Å². The van der Waals surface area contributed by atoms with Crippen molar-refractivity contribution in [3.63, 3.8) is 0 Å². The normalized spacial score (nSPS) is 12.1. The highest BCUT2D eigenvalue weighted by Crippen LogP contribution is 2.21. The van der Waals surface area contributed by atoms with Crippen LogP contribution in [-0.2, 0) is 39.9 Å². The van der Waals surface area contributed by atoms with Crippen molar-refractivity contribution in [3.8, 4) is 0 Å². The zero-order chi connectivity index (χ0) is 27.5. The molecule has 0 aliphatic carbocycles. The van der Waals surface area contributed by atoms with Crippen LogP contribution in [0.3, 0.4) is 0 Å². The lowest BCUT2D eigenvalue weighted by Gasteiger charge is -2.32. The third-order valence-electron chi connectivity index (χ3n) is 4.06. The summed E-state index contributed by atoms with van der Waals surface area (Å²) in [5.74, 6) is -2.00. The predicted molar refractivity (Wildman–Crippen MR) is 127 cm³/mol. The van der Waals surface area contributed by atoms with Gasteiger partial charge in [-0.1, -0.05) is 30.3 Å². The van der Waals surface area contributed by atoms with Gasteiger partial charge >= 0.3 is 30.3 Å². The van der Waals surface area contributed by atoms with Crippen molar-refractivity contribution >= 4 is 30.3 Å². The lowest BCUT2D eigenvalue weighted by atomic mass is 10.1. The Balaban J connectivity index is 3.23. The minimum absolute atomic E-state index is 0.00762. The molecule has 11 heteroatoms. The summed E-state index contributed by atoms with van der Waals surface area (Å²) < 4.78 is 25.0. The lowest BCUT2D eigenvalue weighted by molar-refractivity contribution is -0.161. The molecule has 2 amide bonds. The summed E-state index contributed by atoms with van der Waals surface area (Å²) in [6, 6.07) is 7.08. The number of amides is 2. The fourth-order valence-corrected chi connectivity index (χ4v) is 2.70. The molecular weight excluding hydrogens is 474 g/mol. The van der Waals surface area contributed by atoms with Gasteiger partial charge in [0.25, 0.3) is 0 Å². The Morgan fingerprint density at radius 3 is 1.94 bits per heavy atom. The van der Waals surface area contributed by atoms with E-state index >= 15 is 0 Å². The van der Waals surface area contributed by atoms with E-state index in [0.717, 1.165) is 0 Å². The molecule has 0 saturated heterocycles. The number of hydrogen-bond acceptors (Lipinski definition) is 10. The fraction of sp³-hybridized carbons (Fsp3) is 0.560.